The molecule has 1 aromatic rings. The summed E-state index contributed by atoms with van der Waals surface area (Å²) in [7, 11) is 0. The molecule has 4 rings (SSSR count). The van der Waals surface area contributed by atoms with Gasteiger partial charge in [0.1, 0.15) is 5.60 Å². The van der Waals surface area contributed by atoms with Crippen LogP contribution >= 0.6 is 0 Å². The van der Waals surface area contributed by atoms with Crippen molar-refractivity contribution in [2.24, 2.45) is 5.92 Å². The minimum atomic E-state index is -0.454. The number of nitrogens with zero attached hydrogens (tertiary/aromatic N) is 1. The lowest BCUT2D eigenvalue weighted by atomic mass is 9.74. The third-order valence-electron chi connectivity index (χ3n) is 5.26. The molecule has 26 heavy (non-hydrogen) atoms. The normalized spacial score (nSPS) is 25.4. The Labute approximate surface area is 157 Å². The lowest BCUT2D eigenvalue weighted by Crippen LogP contribution is -2.46. The van der Waals surface area contributed by atoms with Crippen molar-refractivity contribution in [1.29, 1.82) is 0 Å². The molecule has 1 N–H and O–H groups in total. The van der Waals surface area contributed by atoms with E-state index in [0.29, 0.717) is 12.5 Å². The molecular weight excluding hydrogens is 324 g/mol. The molecule has 0 saturated carbocycles. The van der Waals surface area contributed by atoms with Gasteiger partial charge in [0, 0.05) is 19.0 Å². The first kappa shape index (κ1) is 19.0. The second kappa shape index (κ2) is 8.26. The quantitative estimate of drug-likeness (QED) is 0.804. The van der Waals surface area contributed by atoms with Crippen LogP contribution in [-0.2, 0) is 4.74 Å². The van der Waals surface area contributed by atoms with E-state index in [1.165, 1.54) is 43.6 Å². The topological polar surface area (TPSA) is 41.6 Å². The van der Waals surface area contributed by atoms with E-state index in [9.17, 15) is 4.79 Å². The predicted molar refractivity (Wildman–Crippen MR) is 105 cm³/mol. The molecule has 0 aliphatic carbocycles. The summed E-state index contributed by atoms with van der Waals surface area (Å²) < 4.78 is 5.25. The Hall–Kier alpha value is -1.81. The van der Waals surface area contributed by atoms with Gasteiger partial charge in [-0.1, -0.05) is 24.3 Å². The summed E-state index contributed by atoms with van der Waals surface area (Å²) in [6.07, 6.45) is 7.39. The molecule has 4 heteroatoms. The highest BCUT2D eigenvalue weighted by Crippen LogP contribution is 2.40. The van der Waals surface area contributed by atoms with Crippen LogP contribution in [0, 0.1) is 12.0 Å². The molecular formula is C22H31N2O2. The molecule has 1 amide bonds. The Balaban J connectivity index is 1.54. The number of rotatable bonds is 5. The largest absolute Gasteiger partial charge is 0.444 e. The molecule has 3 fully saturated rings. The van der Waals surface area contributed by atoms with Crippen LogP contribution in [0.15, 0.2) is 24.3 Å². The van der Waals surface area contributed by atoms with Crippen molar-refractivity contribution in [1.82, 2.24) is 10.2 Å². The fraction of sp³-hybridized carbons (Fsp3) is 0.591. The van der Waals surface area contributed by atoms with Gasteiger partial charge in [0.2, 0.25) is 0 Å². The third-order valence-corrected chi connectivity index (χ3v) is 5.26. The zero-order chi connectivity index (χ0) is 18.6. The van der Waals surface area contributed by atoms with Crippen molar-refractivity contribution in [2.45, 2.75) is 51.6 Å². The lowest BCUT2D eigenvalue weighted by Gasteiger charge is -2.45. The summed E-state index contributed by atoms with van der Waals surface area (Å²) >= 11 is 0. The van der Waals surface area contributed by atoms with Crippen LogP contribution in [0.2, 0.25) is 0 Å². The molecule has 0 spiro atoms. The zero-order valence-electron chi connectivity index (χ0n) is 16.3. The van der Waals surface area contributed by atoms with Crippen LogP contribution in [0.1, 0.15) is 57.1 Å². The maximum Gasteiger partial charge on any atom is 0.407 e. The van der Waals surface area contributed by atoms with E-state index in [1.54, 1.807) is 0 Å². The number of carbonyl (C=O) groups is 1. The van der Waals surface area contributed by atoms with Gasteiger partial charge in [0.05, 0.1) is 0 Å². The number of piperidine rings is 3. The fourth-order valence-electron chi connectivity index (χ4n) is 4.04. The zero-order valence-corrected chi connectivity index (χ0v) is 16.3. The fourth-order valence-corrected chi connectivity index (χ4v) is 4.04. The number of ether oxygens (including phenoxy) is 1. The van der Waals surface area contributed by atoms with Crippen LogP contribution in [0.5, 0.6) is 0 Å². The van der Waals surface area contributed by atoms with Gasteiger partial charge < -0.3 is 15.0 Å². The molecule has 1 radical (unpaired) electrons. The molecule has 0 aromatic heterocycles. The molecule has 3 aliphatic rings. The minimum Gasteiger partial charge on any atom is -0.444 e. The van der Waals surface area contributed by atoms with Crippen molar-refractivity contribution in [3.05, 3.63) is 41.5 Å². The number of carbonyl (C=O) groups excluding carboxylic acids is 1. The Morgan fingerprint density at radius 3 is 2.81 bits per heavy atom. The maximum atomic E-state index is 11.7. The number of amides is 1. The van der Waals surface area contributed by atoms with Crippen LogP contribution in [0.25, 0.3) is 6.08 Å². The summed E-state index contributed by atoms with van der Waals surface area (Å²) in [4.78, 5) is 14.3. The Kier molecular flexibility index (Phi) is 6.02. The average Bonchev–Trinajstić information content (AvgIpc) is 2.61. The number of fused-ring (bicyclic) bond motifs is 3. The maximum absolute atomic E-state index is 11.7. The van der Waals surface area contributed by atoms with Gasteiger partial charge in [-0.05, 0) is 82.3 Å². The van der Waals surface area contributed by atoms with Crippen LogP contribution in [0.3, 0.4) is 0 Å². The average molecular weight is 356 g/mol. The molecule has 3 heterocycles. The van der Waals surface area contributed by atoms with E-state index in [2.05, 4.69) is 40.6 Å². The summed E-state index contributed by atoms with van der Waals surface area (Å²) in [5, 5.41) is 2.80. The first-order valence-corrected chi connectivity index (χ1v) is 9.78. The van der Waals surface area contributed by atoms with Crippen molar-refractivity contribution in [3.63, 3.8) is 0 Å². The van der Waals surface area contributed by atoms with E-state index >= 15 is 0 Å². The molecule has 4 nitrogen and oxygen atoms in total. The van der Waals surface area contributed by atoms with Gasteiger partial charge in [-0.15, -0.1) is 0 Å². The minimum absolute atomic E-state index is 0.355. The Morgan fingerprint density at radius 1 is 1.38 bits per heavy atom. The summed E-state index contributed by atoms with van der Waals surface area (Å²) in [5.74, 6) is 1.47. The van der Waals surface area contributed by atoms with Crippen molar-refractivity contribution in [3.8, 4) is 0 Å². The summed E-state index contributed by atoms with van der Waals surface area (Å²) in [6.45, 7) is 9.91. The first-order valence-electron chi connectivity index (χ1n) is 9.78. The predicted octanol–water partition coefficient (Wildman–Crippen LogP) is 4.22. The molecule has 2 bridgehead atoms. The van der Waals surface area contributed by atoms with Gasteiger partial charge in [0.15, 0.2) is 0 Å². The van der Waals surface area contributed by atoms with Crippen molar-refractivity contribution >= 4 is 12.2 Å². The number of nitrogens with one attached hydrogen (secondary N) is 1. The number of alkyl carbamates (subject to hydrolysis) is 1. The van der Waals surface area contributed by atoms with Gasteiger partial charge in [0.25, 0.3) is 0 Å². The van der Waals surface area contributed by atoms with Gasteiger partial charge >= 0.3 is 6.09 Å². The smallest absolute Gasteiger partial charge is 0.407 e. The molecule has 0 unspecified atom stereocenters. The van der Waals surface area contributed by atoms with Crippen molar-refractivity contribution < 1.29 is 9.53 Å². The van der Waals surface area contributed by atoms with Crippen LogP contribution in [0.4, 0.5) is 4.79 Å². The van der Waals surface area contributed by atoms with Crippen molar-refractivity contribution in [2.75, 3.05) is 26.2 Å². The standard InChI is InChI=1S/C22H31N2O2/c1-22(2,3)26-21(25)23-13-7-6-9-17-8-4-5-10-19(17)20-16-24-14-11-18(20)12-15-24/h5-6,8-10,18,20H,7,11-16H2,1-3H3,(H,23,25)/b9-6+/t20-/m1/s1. The number of hydrogen-bond acceptors (Lipinski definition) is 3. The van der Waals surface area contributed by atoms with Crippen LogP contribution in [-0.4, -0.2) is 42.8 Å². The highest BCUT2D eigenvalue weighted by atomic mass is 16.6. The summed E-state index contributed by atoms with van der Waals surface area (Å²) in [5.41, 5.74) is 2.27. The first-order chi connectivity index (χ1) is 12.4. The monoisotopic (exact) mass is 355 g/mol. The van der Waals surface area contributed by atoms with Gasteiger partial charge in [-0.25, -0.2) is 4.79 Å². The number of hydrogen-bond donors (Lipinski definition) is 1. The van der Waals surface area contributed by atoms with E-state index in [-0.39, 0.29) is 6.09 Å². The second-order valence-corrected chi connectivity index (χ2v) is 8.42. The Bertz CT molecular complexity index is 640. The summed E-state index contributed by atoms with van der Waals surface area (Å²) in [6, 6.07) is 9.58. The van der Waals surface area contributed by atoms with E-state index in [4.69, 9.17) is 4.74 Å². The molecule has 1 aromatic carbocycles. The van der Waals surface area contributed by atoms with Crippen LogP contribution < -0.4 is 5.32 Å². The van der Waals surface area contributed by atoms with Gasteiger partial charge in [-0.3, -0.25) is 0 Å². The lowest BCUT2D eigenvalue weighted by molar-refractivity contribution is 0.0529. The molecule has 3 aliphatic heterocycles. The highest BCUT2D eigenvalue weighted by molar-refractivity contribution is 5.67. The number of benzene rings is 1. The van der Waals surface area contributed by atoms with E-state index in [1.807, 2.05) is 26.8 Å². The second-order valence-electron chi connectivity index (χ2n) is 8.42. The van der Waals surface area contributed by atoms with Gasteiger partial charge in [-0.2, -0.15) is 0 Å². The third kappa shape index (κ3) is 5.10. The molecule has 141 valence electrons. The Morgan fingerprint density at radius 2 is 2.15 bits per heavy atom. The highest BCUT2D eigenvalue weighted by Gasteiger charge is 2.35. The molecule has 1 atom stereocenters. The molecule has 3 saturated heterocycles. The van der Waals surface area contributed by atoms with E-state index in [0.717, 1.165) is 12.3 Å². The SMILES string of the molecule is CC(C)(C)OC(=O)NCC/C=C/c1c[c]ccc1[C@@H]1CN2CCC1CC2. The van der Waals surface area contributed by atoms with E-state index < -0.39 is 5.60 Å².